The van der Waals surface area contributed by atoms with E-state index in [2.05, 4.69) is 10.1 Å². The van der Waals surface area contributed by atoms with E-state index in [1.807, 2.05) is 0 Å². The smallest absolute Gasteiger partial charge is 0.259 e. The molecule has 1 saturated heterocycles. The van der Waals surface area contributed by atoms with Crippen molar-refractivity contribution in [1.82, 2.24) is 9.88 Å². The molecule has 1 aliphatic rings. The molecule has 0 aromatic carbocycles. The fraction of sp³-hybridized carbons (Fsp3) is 0.462. The van der Waals surface area contributed by atoms with E-state index in [0.29, 0.717) is 18.5 Å². The van der Waals surface area contributed by atoms with Gasteiger partial charge >= 0.3 is 0 Å². The third-order valence-electron chi connectivity index (χ3n) is 3.42. The zero-order valence-corrected chi connectivity index (χ0v) is 11.3. The number of pyridine rings is 1. The Bertz CT molecular complexity index is 518. The van der Waals surface area contributed by atoms with Gasteiger partial charge in [0.2, 0.25) is 5.88 Å². The summed E-state index contributed by atoms with van der Waals surface area (Å²) in [5.41, 5.74) is 6.07. The summed E-state index contributed by atoms with van der Waals surface area (Å²) in [5, 5.41) is 11.9. The first-order chi connectivity index (χ1) is 9.69. The fourth-order valence-electron chi connectivity index (χ4n) is 2.42. The normalized spacial score (nSPS) is 19.8. The lowest BCUT2D eigenvalue weighted by atomic mass is 10.00. The summed E-state index contributed by atoms with van der Waals surface area (Å²) in [4.78, 5) is 18.3. The van der Waals surface area contributed by atoms with E-state index < -0.39 is 0 Å². The first kappa shape index (κ1) is 14.1. The monoisotopic (exact) mass is 278 g/mol. The van der Waals surface area contributed by atoms with E-state index in [1.54, 1.807) is 23.2 Å². The van der Waals surface area contributed by atoms with E-state index in [1.165, 1.54) is 7.11 Å². The Morgan fingerprint density at radius 3 is 3.10 bits per heavy atom. The predicted molar refractivity (Wildman–Crippen MR) is 72.9 cm³/mol. The average molecular weight is 278 g/mol. The van der Waals surface area contributed by atoms with Crippen LogP contribution in [-0.2, 0) is 0 Å². The van der Waals surface area contributed by atoms with Crippen LogP contribution >= 0.6 is 0 Å². The molecule has 0 saturated carbocycles. The van der Waals surface area contributed by atoms with Gasteiger partial charge in [0.25, 0.3) is 5.91 Å². The van der Waals surface area contributed by atoms with Crippen LogP contribution in [0.5, 0.6) is 5.88 Å². The Balaban J connectivity index is 2.30. The molecule has 7 heteroatoms. The summed E-state index contributed by atoms with van der Waals surface area (Å²) >= 11 is 0. The van der Waals surface area contributed by atoms with Crippen LogP contribution in [0.4, 0.5) is 0 Å². The molecule has 0 bridgehead atoms. The van der Waals surface area contributed by atoms with Gasteiger partial charge in [0.1, 0.15) is 5.56 Å². The number of aromatic nitrogens is 1. The zero-order chi connectivity index (χ0) is 14.5. The molecule has 1 aromatic rings. The lowest BCUT2D eigenvalue weighted by Crippen LogP contribution is -2.50. The molecule has 2 heterocycles. The minimum atomic E-state index is -0.383. The first-order valence-electron chi connectivity index (χ1n) is 6.46. The van der Waals surface area contributed by atoms with Crippen LogP contribution in [0.2, 0.25) is 0 Å². The maximum absolute atomic E-state index is 12.6. The number of ether oxygens (including phenoxy) is 1. The first-order valence-corrected chi connectivity index (χ1v) is 6.46. The van der Waals surface area contributed by atoms with E-state index in [9.17, 15) is 4.79 Å². The predicted octanol–water partition coefficient (Wildman–Crippen LogP) is 0.831. The van der Waals surface area contributed by atoms with Gasteiger partial charge in [0, 0.05) is 12.7 Å². The highest BCUT2D eigenvalue weighted by atomic mass is 16.5. The molecular formula is C13H18N4O3. The molecule has 7 nitrogen and oxygen atoms in total. The summed E-state index contributed by atoms with van der Waals surface area (Å²) in [5.74, 6) is 0.119. The summed E-state index contributed by atoms with van der Waals surface area (Å²) in [7, 11) is 1.47. The highest BCUT2D eigenvalue weighted by molar-refractivity contribution is 5.99. The molecule has 1 aromatic heterocycles. The Morgan fingerprint density at radius 1 is 1.60 bits per heavy atom. The Morgan fingerprint density at radius 2 is 2.40 bits per heavy atom. The van der Waals surface area contributed by atoms with Crippen molar-refractivity contribution in [3.63, 3.8) is 0 Å². The van der Waals surface area contributed by atoms with Crippen LogP contribution in [0.1, 0.15) is 29.6 Å². The van der Waals surface area contributed by atoms with Crippen molar-refractivity contribution in [1.29, 1.82) is 0 Å². The summed E-state index contributed by atoms with van der Waals surface area (Å²) in [6.07, 6.45) is 4.08. The maximum Gasteiger partial charge on any atom is 0.259 e. The Hall–Kier alpha value is -2.31. The number of amidine groups is 1. The Labute approximate surface area is 117 Å². The molecule has 1 amide bonds. The molecule has 1 fully saturated rings. The standard InChI is InChI=1S/C13H18N4O3/c1-20-12-9(5-4-7-15-12)13(18)17-8-3-2-6-10(17)11(14)16-19/h4-5,7,10,19H,2-3,6,8H2,1H3,(H2,14,16). The quantitative estimate of drug-likeness (QED) is 0.369. The highest BCUT2D eigenvalue weighted by Gasteiger charge is 2.31. The number of carbonyl (C=O) groups excluding carboxylic acids is 1. The van der Waals surface area contributed by atoms with Crippen molar-refractivity contribution in [2.45, 2.75) is 25.3 Å². The number of hydrogen-bond acceptors (Lipinski definition) is 5. The largest absolute Gasteiger partial charge is 0.480 e. The lowest BCUT2D eigenvalue weighted by Gasteiger charge is -2.34. The third kappa shape index (κ3) is 2.66. The van der Waals surface area contributed by atoms with E-state index in [4.69, 9.17) is 15.7 Å². The van der Waals surface area contributed by atoms with Crippen LogP contribution in [-0.4, -0.2) is 46.5 Å². The topological polar surface area (TPSA) is 101 Å². The third-order valence-corrected chi connectivity index (χ3v) is 3.42. The van der Waals surface area contributed by atoms with Crippen molar-refractivity contribution in [2.24, 2.45) is 10.9 Å². The van der Waals surface area contributed by atoms with Gasteiger partial charge in [-0.3, -0.25) is 4.79 Å². The van der Waals surface area contributed by atoms with E-state index >= 15 is 0 Å². The molecule has 2 rings (SSSR count). The van der Waals surface area contributed by atoms with Gasteiger partial charge in [-0.25, -0.2) is 4.98 Å². The van der Waals surface area contributed by atoms with Crippen molar-refractivity contribution >= 4 is 11.7 Å². The van der Waals surface area contributed by atoms with Crippen molar-refractivity contribution in [3.8, 4) is 5.88 Å². The van der Waals surface area contributed by atoms with Gasteiger partial charge in [-0.15, -0.1) is 0 Å². The molecular weight excluding hydrogens is 260 g/mol. The molecule has 1 atom stereocenters. The number of nitrogens with two attached hydrogens (primary N) is 1. The van der Waals surface area contributed by atoms with Crippen molar-refractivity contribution in [3.05, 3.63) is 23.9 Å². The van der Waals surface area contributed by atoms with E-state index in [0.717, 1.165) is 12.8 Å². The van der Waals surface area contributed by atoms with Gasteiger partial charge in [-0.1, -0.05) is 5.16 Å². The molecule has 0 radical (unpaired) electrons. The summed E-state index contributed by atoms with van der Waals surface area (Å²) in [6, 6.07) is 2.95. The van der Waals surface area contributed by atoms with Gasteiger partial charge in [-0.05, 0) is 31.4 Å². The molecule has 0 aliphatic carbocycles. The van der Waals surface area contributed by atoms with Crippen LogP contribution in [0.25, 0.3) is 0 Å². The number of methoxy groups -OCH3 is 1. The fourth-order valence-corrected chi connectivity index (χ4v) is 2.42. The lowest BCUT2D eigenvalue weighted by molar-refractivity contribution is 0.0672. The number of hydrogen-bond donors (Lipinski definition) is 2. The van der Waals surface area contributed by atoms with Crippen LogP contribution in [0.3, 0.4) is 0 Å². The average Bonchev–Trinajstić information content (AvgIpc) is 2.53. The number of piperidine rings is 1. The minimum absolute atomic E-state index is 0.0564. The second-order valence-corrected chi connectivity index (χ2v) is 4.60. The van der Waals surface area contributed by atoms with Gasteiger partial charge < -0.3 is 20.6 Å². The maximum atomic E-state index is 12.6. The number of rotatable bonds is 3. The SMILES string of the molecule is COc1ncccc1C(=O)N1CCCCC1C(N)=NO. The van der Waals surface area contributed by atoms with Crippen molar-refractivity contribution in [2.75, 3.05) is 13.7 Å². The number of likely N-dealkylation sites (tertiary alicyclic amines) is 1. The second-order valence-electron chi connectivity index (χ2n) is 4.60. The summed E-state index contributed by atoms with van der Waals surface area (Å²) in [6.45, 7) is 0.567. The number of carbonyl (C=O) groups is 1. The number of nitrogens with zero attached hydrogens (tertiary/aromatic N) is 3. The van der Waals surface area contributed by atoms with Crippen LogP contribution in [0.15, 0.2) is 23.5 Å². The number of oxime groups is 1. The van der Waals surface area contributed by atoms with Crippen molar-refractivity contribution < 1.29 is 14.7 Å². The molecule has 108 valence electrons. The number of amides is 1. The Kier molecular flexibility index (Phi) is 4.39. The molecule has 0 spiro atoms. The van der Waals surface area contributed by atoms with Gasteiger partial charge in [0.05, 0.1) is 13.2 Å². The molecule has 3 N–H and O–H groups in total. The van der Waals surface area contributed by atoms with Gasteiger partial charge in [-0.2, -0.15) is 0 Å². The summed E-state index contributed by atoms with van der Waals surface area (Å²) < 4.78 is 5.11. The van der Waals surface area contributed by atoms with E-state index in [-0.39, 0.29) is 23.7 Å². The zero-order valence-electron chi connectivity index (χ0n) is 11.3. The highest BCUT2D eigenvalue weighted by Crippen LogP contribution is 2.23. The molecule has 1 unspecified atom stereocenters. The van der Waals surface area contributed by atoms with Crippen LogP contribution < -0.4 is 10.5 Å². The molecule has 1 aliphatic heterocycles. The van der Waals surface area contributed by atoms with Crippen LogP contribution in [0, 0.1) is 0 Å². The second kappa shape index (κ2) is 6.23. The minimum Gasteiger partial charge on any atom is -0.480 e. The molecule has 20 heavy (non-hydrogen) atoms. The van der Waals surface area contributed by atoms with Gasteiger partial charge in [0.15, 0.2) is 5.84 Å².